The van der Waals surface area contributed by atoms with E-state index in [2.05, 4.69) is 38.1 Å². The maximum atomic E-state index is 11.7. The minimum atomic E-state index is 0.458. The van der Waals surface area contributed by atoms with Gasteiger partial charge in [0, 0.05) is 12.8 Å². The molecule has 0 atom stereocenters. The summed E-state index contributed by atoms with van der Waals surface area (Å²) in [6, 6.07) is 0. The summed E-state index contributed by atoms with van der Waals surface area (Å²) in [5.41, 5.74) is 0. The van der Waals surface area contributed by atoms with Crippen molar-refractivity contribution >= 4 is 5.78 Å². The van der Waals surface area contributed by atoms with Crippen molar-refractivity contribution in [1.29, 1.82) is 0 Å². The van der Waals surface area contributed by atoms with Crippen LogP contribution in [0.2, 0.25) is 0 Å². The minimum Gasteiger partial charge on any atom is -0.309 e. The van der Waals surface area contributed by atoms with E-state index >= 15 is 0 Å². The topological polar surface area (TPSA) is 20.3 Å². The number of carbonyl (C=O) groups is 1. The van der Waals surface area contributed by atoms with Gasteiger partial charge in [-0.2, -0.15) is 0 Å². The molecule has 2 heteroatoms. The molecule has 0 radical (unpaired) electrons. The number of ketones is 1. The molecule has 0 unspecified atom stereocenters. The van der Waals surface area contributed by atoms with E-state index in [1.807, 2.05) is 0 Å². The molecule has 0 aromatic carbocycles. The maximum absolute atomic E-state index is 11.7. The van der Waals surface area contributed by atoms with Crippen molar-refractivity contribution in [3.05, 3.63) is 12.2 Å². The van der Waals surface area contributed by atoms with Crippen LogP contribution < -0.4 is 0 Å². The minimum absolute atomic E-state index is 0.458. The molecule has 0 amide bonds. The molecule has 0 N–H and O–H groups in total. The molecular weight excluding hydrogens is 306 g/mol. The fourth-order valence-corrected chi connectivity index (χ4v) is 3.11. The molecule has 0 fully saturated rings. The molecule has 0 aromatic heterocycles. The van der Waals surface area contributed by atoms with E-state index in [-0.39, 0.29) is 0 Å². The summed E-state index contributed by atoms with van der Waals surface area (Å²) >= 11 is 0. The van der Waals surface area contributed by atoms with E-state index in [0.717, 1.165) is 32.2 Å². The van der Waals surface area contributed by atoms with Gasteiger partial charge in [-0.25, -0.2) is 0 Å². The van der Waals surface area contributed by atoms with E-state index in [9.17, 15) is 4.79 Å². The van der Waals surface area contributed by atoms with Gasteiger partial charge in [-0.15, -0.1) is 0 Å². The molecule has 0 saturated carbocycles. The molecule has 0 aliphatic rings. The average molecular weight is 352 g/mol. The molecule has 148 valence electrons. The number of hydrogen-bond donors (Lipinski definition) is 0. The number of hydrogen-bond acceptors (Lipinski definition) is 2. The molecule has 0 aromatic rings. The highest BCUT2D eigenvalue weighted by Gasteiger charge is 2.02. The Morgan fingerprint density at radius 1 is 0.680 bits per heavy atom. The fraction of sp³-hybridized carbons (Fsp3) is 0.870. The van der Waals surface area contributed by atoms with Gasteiger partial charge in [0.25, 0.3) is 0 Å². The lowest BCUT2D eigenvalue weighted by atomic mass is 10.0. The molecule has 0 spiro atoms. The maximum Gasteiger partial charge on any atom is 0.132 e. The van der Waals surface area contributed by atoms with Gasteiger partial charge in [0.05, 0.1) is 0 Å². The highest BCUT2D eigenvalue weighted by Crippen LogP contribution is 2.10. The van der Waals surface area contributed by atoms with Crippen LogP contribution in [0, 0.1) is 0 Å². The van der Waals surface area contributed by atoms with E-state index in [4.69, 9.17) is 0 Å². The third-order valence-corrected chi connectivity index (χ3v) is 4.78. The van der Waals surface area contributed by atoms with Crippen LogP contribution in [-0.4, -0.2) is 31.3 Å². The first-order valence-corrected chi connectivity index (χ1v) is 11.0. The predicted molar refractivity (Wildman–Crippen MR) is 112 cm³/mol. The van der Waals surface area contributed by atoms with Gasteiger partial charge < -0.3 is 4.90 Å². The first-order valence-electron chi connectivity index (χ1n) is 11.0. The van der Waals surface area contributed by atoms with Gasteiger partial charge in [-0.05, 0) is 59.2 Å². The largest absolute Gasteiger partial charge is 0.309 e. The SMILES string of the molecule is CCCCCCCC/C=C\CCCCCCCC(=O)CCCN(C)C. The van der Waals surface area contributed by atoms with Crippen LogP contribution in [0.4, 0.5) is 0 Å². The van der Waals surface area contributed by atoms with Crippen LogP contribution in [0.15, 0.2) is 12.2 Å². The van der Waals surface area contributed by atoms with Crippen LogP contribution in [0.3, 0.4) is 0 Å². The highest BCUT2D eigenvalue weighted by atomic mass is 16.1. The van der Waals surface area contributed by atoms with Gasteiger partial charge >= 0.3 is 0 Å². The van der Waals surface area contributed by atoms with E-state index in [1.54, 1.807) is 0 Å². The zero-order valence-electron chi connectivity index (χ0n) is 17.5. The Morgan fingerprint density at radius 3 is 1.72 bits per heavy atom. The Kier molecular flexibility index (Phi) is 19.2. The second kappa shape index (κ2) is 19.7. The Morgan fingerprint density at radius 2 is 1.16 bits per heavy atom. The van der Waals surface area contributed by atoms with Crippen LogP contribution in [0.25, 0.3) is 0 Å². The summed E-state index contributed by atoms with van der Waals surface area (Å²) in [6.45, 7) is 3.30. The Hall–Kier alpha value is -0.630. The summed E-state index contributed by atoms with van der Waals surface area (Å²) in [7, 11) is 4.13. The second-order valence-corrected chi connectivity index (χ2v) is 7.78. The van der Waals surface area contributed by atoms with Crippen molar-refractivity contribution in [1.82, 2.24) is 4.90 Å². The van der Waals surface area contributed by atoms with Crippen LogP contribution in [0.5, 0.6) is 0 Å². The lowest BCUT2D eigenvalue weighted by Gasteiger charge is -2.08. The summed E-state index contributed by atoms with van der Waals surface area (Å²) in [6.07, 6.45) is 24.4. The van der Waals surface area contributed by atoms with Crippen LogP contribution in [-0.2, 0) is 4.79 Å². The number of unbranched alkanes of at least 4 members (excludes halogenated alkanes) is 11. The van der Waals surface area contributed by atoms with Crippen molar-refractivity contribution in [2.75, 3.05) is 20.6 Å². The van der Waals surface area contributed by atoms with Crippen molar-refractivity contribution in [2.45, 2.75) is 110 Å². The summed E-state index contributed by atoms with van der Waals surface area (Å²) in [4.78, 5) is 13.9. The average Bonchev–Trinajstić information content (AvgIpc) is 2.58. The normalized spacial score (nSPS) is 11.7. The first-order chi connectivity index (χ1) is 12.2. The lowest BCUT2D eigenvalue weighted by Crippen LogP contribution is -2.14. The van der Waals surface area contributed by atoms with Crippen molar-refractivity contribution in [2.24, 2.45) is 0 Å². The van der Waals surface area contributed by atoms with E-state index < -0.39 is 0 Å². The molecule has 0 heterocycles. The molecule has 2 nitrogen and oxygen atoms in total. The summed E-state index contributed by atoms with van der Waals surface area (Å²) in [5.74, 6) is 0.458. The van der Waals surface area contributed by atoms with Crippen LogP contribution in [0.1, 0.15) is 110 Å². The highest BCUT2D eigenvalue weighted by molar-refractivity contribution is 5.78. The number of allylic oxidation sites excluding steroid dienone is 2. The zero-order chi connectivity index (χ0) is 18.6. The number of carbonyl (C=O) groups excluding carboxylic acids is 1. The Balaban J connectivity index is 3.20. The van der Waals surface area contributed by atoms with E-state index in [0.29, 0.717) is 5.78 Å². The molecule has 25 heavy (non-hydrogen) atoms. The number of rotatable bonds is 19. The molecule has 0 bridgehead atoms. The second-order valence-electron chi connectivity index (χ2n) is 7.78. The van der Waals surface area contributed by atoms with Gasteiger partial charge in [-0.3, -0.25) is 4.79 Å². The zero-order valence-corrected chi connectivity index (χ0v) is 17.5. The Labute approximate surface area is 158 Å². The first kappa shape index (κ1) is 24.4. The third kappa shape index (κ3) is 21.3. The standard InChI is InChI=1S/C23H45NO/c1-4-5-6-7-8-9-10-11-12-13-14-15-16-17-18-20-23(25)21-19-22-24(2)3/h11-12H,4-10,13-22H2,1-3H3/b12-11-. The Bertz CT molecular complexity index is 309. The quantitative estimate of drug-likeness (QED) is 0.186. The predicted octanol–water partition coefficient (Wildman–Crippen LogP) is 6.93. The molecule has 0 rings (SSSR count). The number of Topliss-reactive ketones (excluding diaryl/α,β-unsaturated/α-hetero) is 1. The molecule has 0 aliphatic carbocycles. The van der Waals surface area contributed by atoms with Crippen molar-refractivity contribution in [3.8, 4) is 0 Å². The van der Waals surface area contributed by atoms with Gasteiger partial charge in [0.2, 0.25) is 0 Å². The molecule has 0 aliphatic heterocycles. The van der Waals surface area contributed by atoms with Gasteiger partial charge in [0.15, 0.2) is 0 Å². The fourth-order valence-electron chi connectivity index (χ4n) is 3.11. The monoisotopic (exact) mass is 351 g/mol. The summed E-state index contributed by atoms with van der Waals surface area (Å²) < 4.78 is 0. The molecule has 0 saturated heterocycles. The smallest absolute Gasteiger partial charge is 0.132 e. The third-order valence-electron chi connectivity index (χ3n) is 4.78. The van der Waals surface area contributed by atoms with E-state index in [1.165, 1.54) is 77.0 Å². The van der Waals surface area contributed by atoms with Crippen molar-refractivity contribution in [3.63, 3.8) is 0 Å². The van der Waals surface area contributed by atoms with Crippen LogP contribution >= 0.6 is 0 Å². The number of nitrogens with zero attached hydrogens (tertiary/aromatic N) is 1. The summed E-state index contributed by atoms with van der Waals surface area (Å²) in [5, 5.41) is 0. The van der Waals surface area contributed by atoms with Gasteiger partial charge in [-0.1, -0.05) is 70.4 Å². The van der Waals surface area contributed by atoms with Gasteiger partial charge in [0.1, 0.15) is 5.78 Å². The van der Waals surface area contributed by atoms with Crippen molar-refractivity contribution < 1.29 is 4.79 Å². The lowest BCUT2D eigenvalue weighted by molar-refractivity contribution is -0.119. The molecular formula is C23H45NO.